The monoisotopic (exact) mass is 718 g/mol. The summed E-state index contributed by atoms with van der Waals surface area (Å²) in [5, 5.41) is 4.95. The quantitative estimate of drug-likeness (QED) is 0.164. The lowest BCUT2D eigenvalue weighted by Gasteiger charge is -2.29. The van der Waals surface area contributed by atoms with E-state index in [0.29, 0.717) is 0 Å². The number of benzene rings is 8. The topological polar surface area (TPSA) is 6.48 Å². The molecule has 2 aliphatic rings. The minimum Gasteiger partial charge on any atom is -0.337 e. The molecule has 8 aromatic carbocycles. The molecular formula is C54H42N2. The van der Waals surface area contributed by atoms with E-state index >= 15 is 0 Å². The normalized spacial score (nSPS) is 15.3. The van der Waals surface area contributed by atoms with E-state index < -0.39 is 0 Å². The minimum atomic E-state index is -0.0732. The zero-order valence-electron chi connectivity index (χ0n) is 31.8. The van der Waals surface area contributed by atoms with Gasteiger partial charge in [0, 0.05) is 45.7 Å². The Morgan fingerprint density at radius 2 is 1.09 bits per heavy atom. The molecule has 0 atom stereocenters. The van der Waals surface area contributed by atoms with Gasteiger partial charge < -0.3 is 9.80 Å². The lowest BCUT2D eigenvalue weighted by molar-refractivity contribution is 0.660. The first kappa shape index (κ1) is 33.7. The van der Waals surface area contributed by atoms with Gasteiger partial charge in [-0.2, -0.15) is 0 Å². The van der Waals surface area contributed by atoms with Crippen LogP contribution in [-0.2, 0) is 5.41 Å². The van der Waals surface area contributed by atoms with Crippen LogP contribution in [0.15, 0.2) is 201 Å². The average Bonchev–Trinajstić information content (AvgIpc) is 3.52. The highest BCUT2D eigenvalue weighted by atomic mass is 15.1. The Hall–Kier alpha value is -6.90. The third kappa shape index (κ3) is 5.48. The fourth-order valence-corrected chi connectivity index (χ4v) is 9.05. The maximum absolute atomic E-state index is 4.57. The van der Waals surface area contributed by atoms with Crippen molar-refractivity contribution >= 4 is 55.6 Å². The predicted octanol–water partition coefficient (Wildman–Crippen LogP) is 14.7. The molecule has 2 nitrogen and oxygen atoms in total. The lowest BCUT2D eigenvalue weighted by Crippen LogP contribution is -2.19. The van der Waals surface area contributed by atoms with Gasteiger partial charge in [-0.15, -0.1) is 0 Å². The fourth-order valence-electron chi connectivity index (χ4n) is 9.05. The van der Waals surface area contributed by atoms with Gasteiger partial charge in [0.2, 0.25) is 0 Å². The van der Waals surface area contributed by atoms with Crippen LogP contribution in [0.5, 0.6) is 0 Å². The van der Waals surface area contributed by atoms with E-state index in [-0.39, 0.29) is 5.41 Å². The molecule has 8 aromatic rings. The number of allylic oxidation sites excluding steroid dienone is 4. The van der Waals surface area contributed by atoms with Crippen molar-refractivity contribution in [1.29, 1.82) is 0 Å². The zero-order chi connectivity index (χ0) is 37.8. The highest BCUT2D eigenvalue weighted by Crippen LogP contribution is 2.51. The van der Waals surface area contributed by atoms with E-state index in [4.69, 9.17) is 0 Å². The Kier molecular flexibility index (Phi) is 8.08. The first-order valence-electron chi connectivity index (χ1n) is 19.5. The Morgan fingerprint density at radius 3 is 1.84 bits per heavy atom. The summed E-state index contributed by atoms with van der Waals surface area (Å²) in [6, 6.07) is 62.1. The van der Waals surface area contributed by atoms with Gasteiger partial charge in [-0.25, -0.2) is 0 Å². The molecule has 56 heavy (non-hydrogen) atoms. The highest BCUT2D eigenvalue weighted by molar-refractivity contribution is 6.19. The molecule has 0 radical (unpaired) electrons. The molecule has 0 bridgehead atoms. The molecule has 1 heterocycles. The van der Waals surface area contributed by atoms with Gasteiger partial charge in [-0.1, -0.05) is 166 Å². The third-order valence-electron chi connectivity index (χ3n) is 11.8. The molecule has 268 valence electrons. The van der Waals surface area contributed by atoms with Crippen molar-refractivity contribution in [3.8, 4) is 22.3 Å². The van der Waals surface area contributed by atoms with Crippen molar-refractivity contribution in [2.45, 2.75) is 19.3 Å². The number of para-hydroxylation sites is 1. The summed E-state index contributed by atoms with van der Waals surface area (Å²) in [6.07, 6.45) is 8.60. The van der Waals surface area contributed by atoms with Crippen molar-refractivity contribution < 1.29 is 0 Å². The molecule has 2 heteroatoms. The minimum absolute atomic E-state index is 0.0732. The second-order valence-electron chi connectivity index (χ2n) is 15.4. The fraction of sp³-hybridized carbons (Fsp3) is 0.0741. The van der Waals surface area contributed by atoms with E-state index in [1.165, 1.54) is 66.2 Å². The summed E-state index contributed by atoms with van der Waals surface area (Å²) in [7, 11) is 0. The second kappa shape index (κ2) is 13.4. The molecule has 1 aliphatic heterocycles. The molecule has 0 fully saturated rings. The van der Waals surface area contributed by atoms with Crippen LogP contribution in [0.1, 0.15) is 30.5 Å². The molecule has 0 amide bonds. The van der Waals surface area contributed by atoms with Crippen LogP contribution in [0.2, 0.25) is 0 Å². The van der Waals surface area contributed by atoms with Crippen LogP contribution < -0.4 is 9.80 Å². The van der Waals surface area contributed by atoms with Crippen molar-refractivity contribution in [3.63, 3.8) is 0 Å². The van der Waals surface area contributed by atoms with Crippen LogP contribution in [0.3, 0.4) is 0 Å². The number of hydrogen-bond acceptors (Lipinski definition) is 2. The van der Waals surface area contributed by atoms with Gasteiger partial charge in [0.15, 0.2) is 0 Å². The number of fused-ring (bicyclic) bond motifs is 9. The predicted molar refractivity (Wildman–Crippen MR) is 240 cm³/mol. The Balaban J connectivity index is 1.02. The molecule has 0 unspecified atom stereocenters. The second-order valence-corrected chi connectivity index (χ2v) is 15.4. The van der Waals surface area contributed by atoms with Gasteiger partial charge in [-0.3, -0.25) is 0 Å². The molecule has 0 N–H and O–H groups in total. The van der Waals surface area contributed by atoms with Crippen LogP contribution in [0.4, 0.5) is 28.4 Å². The van der Waals surface area contributed by atoms with E-state index in [1.807, 2.05) is 0 Å². The summed E-state index contributed by atoms with van der Waals surface area (Å²) in [6.45, 7) is 10.0. The average molecular weight is 719 g/mol. The van der Waals surface area contributed by atoms with E-state index in [2.05, 4.69) is 224 Å². The van der Waals surface area contributed by atoms with Crippen LogP contribution in [0.25, 0.3) is 49.4 Å². The number of rotatable bonds is 5. The van der Waals surface area contributed by atoms with Crippen molar-refractivity contribution in [3.05, 3.63) is 217 Å². The highest BCUT2D eigenvalue weighted by Gasteiger charge is 2.35. The largest absolute Gasteiger partial charge is 0.337 e. The lowest BCUT2D eigenvalue weighted by atomic mass is 9.82. The Bertz CT molecular complexity index is 2860. The van der Waals surface area contributed by atoms with Crippen molar-refractivity contribution in [2.75, 3.05) is 16.3 Å². The number of nitrogens with zero attached hydrogens (tertiary/aromatic N) is 2. The summed E-state index contributed by atoms with van der Waals surface area (Å²) in [4.78, 5) is 4.82. The number of hydrogen-bond donors (Lipinski definition) is 0. The van der Waals surface area contributed by atoms with Gasteiger partial charge >= 0.3 is 0 Å². The molecule has 1 aliphatic carbocycles. The third-order valence-corrected chi connectivity index (χ3v) is 11.8. The van der Waals surface area contributed by atoms with Crippen molar-refractivity contribution in [2.24, 2.45) is 0 Å². The summed E-state index contributed by atoms with van der Waals surface area (Å²) in [5.74, 6) is 0. The van der Waals surface area contributed by atoms with Crippen LogP contribution in [-0.4, -0.2) is 6.54 Å². The van der Waals surface area contributed by atoms with Crippen LogP contribution in [0, 0.1) is 0 Å². The maximum atomic E-state index is 4.57. The molecule has 10 rings (SSSR count). The van der Waals surface area contributed by atoms with E-state index in [0.717, 1.165) is 34.9 Å². The smallest absolute Gasteiger partial charge is 0.0579 e. The van der Waals surface area contributed by atoms with Gasteiger partial charge in [-0.05, 0) is 104 Å². The Labute approximate surface area is 329 Å². The van der Waals surface area contributed by atoms with Gasteiger partial charge in [0.05, 0.1) is 5.69 Å². The summed E-state index contributed by atoms with van der Waals surface area (Å²) >= 11 is 0. The van der Waals surface area contributed by atoms with E-state index in [1.54, 1.807) is 0 Å². The summed E-state index contributed by atoms with van der Waals surface area (Å²) in [5.41, 5.74) is 15.6. The molecule has 0 saturated heterocycles. The van der Waals surface area contributed by atoms with Crippen LogP contribution >= 0.6 is 0 Å². The molecule has 0 saturated carbocycles. The molecular weight excluding hydrogens is 677 g/mol. The Morgan fingerprint density at radius 1 is 0.518 bits per heavy atom. The number of anilines is 5. The van der Waals surface area contributed by atoms with Gasteiger partial charge in [0.25, 0.3) is 0 Å². The molecule has 0 aromatic heterocycles. The SMILES string of the molecule is C=C1/C=C\C=C/CN(c2ccc(-c3ccc(N(c4ccccc4)c4ccc5c(c4)C(C)(C)c4ccccc4-5)cc3)cc2)c2c1c1ccccc1c1ccccc21. The zero-order valence-corrected chi connectivity index (χ0v) is 31.8. The first-order chi connectivity index (χ1) is 27.5. The van der Waals surface area contributed by atoms with Gasteiger partial charge in [0.1, 0.15) is 0 Å². The standard InChI is InChI=1S/C54H42N2/c1-37-16-6-5-15-35-55(53-49-23-12-10-20-45(49)44-19-9-11-22-48(44)52(37)53)40-29-25-38(26-30-40)39-27-31-42(32-28-39)56(41-17-7-4-8-18-41)43-33-34-47-46-21-13-14-24-50(46)54(2,3)51(47)36-43/h4-34,36H,1,35H2,2-3H3/b15-5-,16-6-. The van der Waals surface area contributed by atoms with E-state index in [9.17, 15) is 0 Å². The molecule has 0 spiro atoms. The first-order valence-corrected chi connectivity index (χ1v) is 19.5. The maximum Gasteiger partial charge on any atom is 0.0579 e. The summed E-state index contributed by atoms with van der Waals surface area (Å²) < 4.78 is 0. The van der Waals surface area contributed by atoms with Crippen molar-refractivity contribution in [1.82, 2.24) is 0 Å².